The highest BCUT2D eigenvalue weighted by atomic mass is 32.2. The first-order valence-corrected chi connectivity index (χ1v) is 11.3. The molecule has 0 radical (unpaired) electrons. The van der Waals surface area contributed by atoms with Gasteiger partial charge >= 0.3 is 0 Å². The second kappa shape index (κ2) is 9.67. The van der Waals surface area contributed by atoms with Crippen LogP contribution in [0.25, 0.3) is 11.1 Å². The van der Waals surface area contributed by atoms with Crippen LogP contribution in [0.4, 0.5) is 5.69 Å². The summed E-state index contributed by atoms with van der Waals surface area (Å²) >= 11 is 1.74. The van der Waals surface area contributed by atoms with Gasteiger partial charge in [-0.2, -0.15) is 0 Å². The molecule has 30 heavy (non-hydrogen) atoms. The zero-order chi connectivity index (χ0) is 20.9. The van der Waals surface area contributed by atoms with E-state index >= 15 is 0 Å². The fraction of sp³-hybridized carbons (Fsp3) is 0.280. The molecule has 3 aromatic carbocycles. The van der Waals surface area contributed by atoms with E-state index in [1.165, 1.54) is 9.79 Å². The molecular formula is C25H28N2O2S. The van der Waals surface area contributed by atoms with E-state index in [-0.39, 0.29) is 12.1 Å². The van der Waals surface area contributed by atoms with Gasteiger partial charge in [0.15, 0.2) is 0 Å². The fourth-order valence-corrected chi connectivity index (χ4v) is 4.95. The van der Waals surface area contributed by atoms with E-state index in [9.17, 15) is 10.2 Å². The third kappa shape index (κ3) is 5.05. The van der Waals surface area contributed by atoms with Crippen LogP contribution >= 0.6 is 11.8 Å². The van der Waals surface area contributed by atoms with Gasteiger partial charge in [0, 0.05) is 27.1 Å². The maximum absolute atomic E-state index is 10.1. The van der Waals surface area contributed by atoms with Crippen molar-refractivity contribution in [1.82, 2.24) is 0 Å². The molecule has 1 fully saturated rings. The molecule has 0 heterocycles. The van der Waals surface area contributed by atoms with Crippen LogP contribution in [0.15, 0.2) is 82.6 Å². The minimum Gasteiger partial charge on any atom is -0.393 e. The van der Waals surface area contributed by atoms with Gasteiger partial charge in [0.1, 0.15) is 6.23 Å². The van der Waals surface area contributed by atoms with E-state index in [2.05, 4.69) is 41.7 Å². The Kier molecular flexibility index (Phi) is 6.75. The molecule has 1 aliphatic rings. The molecule has 0 aromatic heterocycles. The molecule has 5 heteroatoms. The molecule has 0 amide bonds. The van der Waals surface area contributed by atoms with Crippen LogP contribution in [0.2, 0.25) is 0 Å². The summed E-state index contributed by atoms with van der Waals surface area (Å²) in [4.78, 5) is 2.37. The van der Waals surface area contributed by atoms with Gasteiger partial charge in [-0.1, -0.05) is 60.3 Å². The fourth-order valence-electron chi connectivity index (χ4n) is 3.96. The SMILES string of the molecule is NC(O)c1ccc(-c2ccccc2Sc2ccccc2)cc1N[C@H]1CC[C@H](O)CC1. The van der Waals surface area contributed by atoms with Crippen molar-refractivity contribution in [2.24, 2.45) is 5.73 Å². The molecule has 0 saturated heterocycles. The molecule has 0 bridgehead atoms. The van der Waals surface area contributed by atoms with Gasteiger partial charge in [0.2, 0.25) is 0 Å². The van der Waals surface area contributed by atoms with E-state index < -0.39 is 6.23 Å². The Morgan fingerprint density at radius 2 is 1.60 bits per heavy atom. The van der Waals surface area contributed by atoms with E-state index in [4.69, 9.17) is 5.73 Å². The Morgan fingerprint density at radius 1 is 0.900 bits per heavy atom. The van der Waals surface area contributed by atoms with Gasteiger partial charge in [-0.15, -0.1) is 0 Å². The average molecular weight is 421 g/mol. The number of hydrogen-bond donors (Lipinski definition) is 4. The van der Waals surface area contributed by atoms with Crippen molar-refractivity contribution in [1.29, 1.82) is 0 Å². The number of benzene rings is 3. The molecule has 1 saturated carbocycles. The molecule has 1 aliphatic carbocycles. The van der Waals surface area contributed by atoms with Crippen molar-refractivity contribution in [3.8, 4) is 11.1 Å². The van der Waals surface area contributed by atoms with Crippen LogP contribution in [0.1, 0.15) is 37.5 Å². The van der Waals surface area contributed by atoms with Crippen molar-refractivity contribution in [3.63, 3.8) is 0 Å². The summed E-state index contributed by atoms with van der Waals surface area (Å²) in [6.45, 7) is 0. The summed E-state index contributed by atoms with van der Waals surface area (Å²) in [7, 11) is 0. The van der Waals surface area contributed by atoms with Crippen molar-refractivity contribution >= 4 is 17.4 Å². The Labute approximate surface area is 182 Å². The Hall–Kier alpha value is -2.31. The molecule has 0 aliphatic heterocycles. The highest BCUT2D eigenvalue weighted by molar-refractivity contribution is 7.99. The van der Waals surface area contributed by atoms with Gasteiger partial charge in [-0.3, -0.25) is 0 Å². The number of hydrogen-bond acceptors (Lipinski definition) is 5. The highest BCUT2D eigenvalue weighted by Gasteiger charge is 2.21. The third-order valence-corrected chi connectivity index (χ3v) is 6.68. The summed E-state index contributed by atoms with van der Waals surface area (Å²) in [6, 6.07) is 25.0. The van der Waals surface area contributed by atoms with Crippen LogP contribution in [0.3, 0.4) is 0 Å². The first-order valence-electron chi connectivity index (χ1n) is 10.4. The van der Waals surface area contributed by atoms with Crippen molar-refractivity contribution in [2.75, 3.05) is 5.32 Å². The first-order chi connectivity index (χ1) is 14.6. The first kappa shape index (κ1) is 20.9. The quantitative estimate of drug-likeness (QED) is 0.414. The zero-order valence-corrected chi connectivity index (χ0v) is 17.7. The van der Waals surface area contributed by atoms with Crippen LogP contribution in [0.5, 0.6) is 0 Å². The molecule has 4 nitrogen and oxygen atoms in total. The lowest BCUT2D eigenvalue weighted by molar-refractivity contribution is 0.126. The molecule has 1 atom stereocenters. The number of nitrogens with one attached hydrogen (secondary N) is 1. The zero-order valence-electron chi connectivity index (χ0n) is 16.9. The minimum absolute atomic E-state index is 0.198. The number of rotatable bonds is 6. The standard InChI is InChI=1S/C25H28N2O2S/c26-25(29)22-15-10-17(16-23(22)27-18-11-13-19(28)14-12-18)21-8-4-5-9-24(21)30-20-6-2-1-3-7-20/h1-10,15-16,18-19,25,27-29H,11-14,26H2/t18-,19-,25?. The maximum Gasteiger partial charge on any atom is 0.130 e. The number of nitrogens with two attached hydrogens (primary N) is 1. The van der Waals surface area contributed by atoms with Crippen molar-refractivity contribution in [2.45, 2.75) is 53.8 Å². The second-order valence-corrected chi connectivity index (χ2v) is 8.92. The summed E-state index contributed by atoms with van der Waals surface area (Å²) in [5.41, 5.74) is 9.62. The summed E-state index contributed by atoms with van der Waals surface area (Å²) in [5, 5.41) is 23.4. The lowest BCUT2D eigenvalue weighted by atomic mass is 9.92. The Morgan fingerprint density at radius 3 is 2.33 bits per heavy atom. The normalized spacial score (nSPS) is 20.0. The van der Waals surface area contributed by atoms with Gasteiger partial charge in [-0.25, -0.2) is 0 Å². The van der Waals surface area contributed by atoms with E-state index in [1.807, 2.05) is 36.4 Å². The lowest BCUT2D eigenvalue weighted by Crippen LogP contribution is -2.29. The topological polar surface area (TPSA) is 78.5 Å². The van der Waals surface area contributed by atoms with Crippen molar-refractivity contribution < 1.29 is 10.2 Å². The number of anilines is 1. The Balaban J connectivity index is 1.65. The number of aliphatic hydroxyl groups is 2. The molecule has 4 rings (SSSR count). The lowest BCUT2D eigenvalue weighted by Gasteiger charge is -2.28. The summed E-state index contributed by atoms with van der Waals surface area (Å²) in [6.07, 6.45) is 2.18. The van der Waals surface area contributed by atoms with Gasteiger partial charge in [0.05, 0.1) is 6.10 Å². The second-order valence-electron chi connectivity index (χ2n) is 7.81. The summed E-state index contributed by atoms with van der Waals surface area (Å²) in [5.74, 6) is 0. The summed E-state index contributed by atoms with van der Waals surface area (Å²) < 4.78 is 0. The van der Waals surface area contributed by atoms with Gasteiger partial charge in [0.25, 0.3) is 0 Å². The Bertz CT molecular complexity index is 970. The minimum atomic E-state index is -1.04. The average Bonchev–Trinajstić information content (AvgIpc) is 2.76. The van der Waals surface area contributed by atoms with Crippen LogP contribution in [-0.4, -0.2) is 22.4 Å². The predicted molar refractivity (Wildman–Crippen MR) is 123 cm³/mol. The smallest absolute Gasteiger partial charge is 0.130 e. The molecular weight excluding hydrogens is 392 g/mol. The third-order valence-electron chi connectivity index (χ3n) is 5.60. The van der Waals surface area contributed by atoms with Crippen molar-refractivity contribution in [3.05, 3.63) is 78.4 Å². The molecule has 156 valence electrons. The molecule has 0 spiro atoms. The van der Waals surface area contributed by atoms with Crippen LogP contribution < -0.4 is 11.1 Å². The molecule has 5 N–H and O–H groups in total. The number of aliphatic hydroxyl groups excluding tert-OH is 2. The van der Waals surface area contributed by atoms with Crippen LogP contribution in [0, 0.1) is 0 Å². The van der Waals surface area contributed by atoms with E-state index in [0.29, 0.717) is 5.56 Å². The predicted octanol–water partition coefficient (Wildman–Crippen LogP) is 5.17. The molecule has 3 aromatic rings. The largest absolute Gasteiger partial charge is 0.393 e. The monoisotopic (exact) mass is 420 g/mol. The van der Waals surface area contributed by atoms with E-state index in [1.54, 1.807) is 11.8 Å². The highest BCUT2D eigenvalue weighted by Crippen LogP contribution is 2.38. The maximum atomic E-state index is 10.1. The van der Waals surface area contributed by atoms with Gasteiger partial charge < -0.3 is 21.3 Å². The molecule has 1 unspecified atom stereocenters. The van der Waals surface area contributed by atoms with Gasteiger partial charge in [-0.05, 0) is 61.1 Å². The van der Waals surface area contributed by atoms with Crippen LogP contribution in [-0.2, 0) is 0 Å². The van der Waals surface area contributed by atoms with E-state index in [0.717, 1.165) is 42.5 Å².